The zero-order chi connectivity index (χ0) is 18.5. The van der Waals surface area contributed by atoms with Crippen molar-refractivity contribution in [1.82, 2.24) is 9.78 Å². The van der Waals surface area contributed by atoms with Gasteiger partial charge >= 0.3 is 0 Å². The maximum atomic E-state index is 14.0. The first-order valence-electron chi connectivity index (χ1n) is 7.86. The van der Waals surface area contributed by atoms with Gasteiger partial charge in [0.1, 0.15) is 5.82 Å². The van der Waals surface area contributed by atoms with Gasteiger partial charge in [-0.25, -0.2) is 9.07 Å². The van der Waals surface area contributed by atoms with E-state index in [1.54, 1.807) is 29.1 Å². The first-order valence-corrected chi connectivity index (χ1v) is 8.85. The maximum absolute atomic E-state index is 14.0. The standard InChI is InChI=1S/C19H16FN3O2S/c1-13(24)14-6-7-18(17(20)10-14)26-12-19(25)22-15-4-2-5-16(11-15)23-9-3-8-21-23/h2-11H,12H2,1H3,(H,22,25). The average Bonchev–Trinajstić information content (AvgIpc) is 3.15. The zero-order valence-corrected chi connectivity index (χ0v) is 14.8. The molecule has 0 bridgehead atoms. The minimum absolute atomic E-state index is 0.0579. The Bertz CT molecular complexity index is 942. The minimum Gasteiger partial charge on any atom is -0.325 e. The van der Waals surface area contributed by atoms with Gasteiger partial charge in [-0.05, 0) is 43.3 Å². The topological polar surface area (TPSA) is 64.0 Å². The summed E-state index contributed by atoms with van der Waals surface area (Å²) >= 11 is 1.08. The van der Waals surface area contributed by atoms with E-state index in [0.29, 0.717) is 16.1 Å². The molecule has 0 radical (unpaired) electrons. The fraction of sp³-hybridized carbons (Fsp3) is 0.105. The molecular weight excluding hydrogens is 353 g/mol. The van der Waals surface area contributed by atoms with E-state index in [1.165, 1.54) is 19.1 Å². The van der Waals surface area contributed by atoms with Crippen LogP contribution in [0, 0.1) is 5.82 Å². The van der Waals surface area contributed by atoms with Gasteiger partial charge in [0.15, 0.2) is 5.78 Å². The lowest BCUT2D eigenvalue weighted by molar-refractivity contribution is -0.113. The number of ketones is 1. The quantitative estimate of drug-likeness (QED) is 0.528. The van der Waals surface area contributed by atoms with Gasteiger partial charge in [0.05, 0.1) is 11.4 Å². The Hall–Kier alpha value is -2.93. The summed E-state index contributed by atoms with van der Waals surface area (Å²) in [7, 11) is 0. The van der Waals surface area contributed by atoms with Crippen LogP contribution in [0.3, 0.4) is 0 Å². The molecule has 0 aliphatic rings. The minimum atomic E-state index is -0.504. The molecule has 1 N–H and O–H groups in total. The van der Waals surface area contributed by atoms with Crippen molar-refractivity contribution >= 4 is 29.1 Å². The molecule has 0 saturated carbocycles. The van der Waals surface area contributed by atoms with Crippen molar-refractivity contribution < 1.29 is 14.0 Å². The lowest BCUT2D eigenvalue weighted by atomic mass is 10.1. The highest BCUT2D eigenvalue weighted by molar-refractivity contribution is 8.00. The Kier molecular flexibility index (Phi) is 5.48. The Morgan fingerprint density at radius 1 is 1.19 bits per heavy atom. The van der Waals surface area contributed by atoms with Crippen molar-refractivity contribution in [3.05, 3.63) is 72.3 Å². The summed E-state index contributed by atoms with van der Waals surface area (Å²) in [6.07, 6.45) is 3.48. The zero-order valence-electron chi connectivity index (χ0n) is 14.0. The molecule has 7 heteroatoms. The van der Waals surface area contributed by atoms with Gasteiger partial charge in [-0.3, -0.25) is 9.59 Å². The Morgan fingerprint density at radius 3 is 2.73 bits per heavy atom. The number of hydrogen-bond donors (Lipinski definition) is 1. The van der Waals surface area contributed by atoms with Crippen LogP contribution in [0.1, 0.15) is 17.3 Å². The average molecular weight is 369 g/mol. The highest BCUT2D eigenvalue weighted by Gasteiger charge is 2.10. The van der Waals surface area contributed by atoms with Crippen molar-refractivity contribution in [2.24, 2.45) is 0 Å². The second-order valence-corrected chi connectivity index (χ2v) is 6.56. The Morgan fingerprint density at radius 2 is 2.04 bits per heavy atom. The molecule has 1 amide bonds. The molecule has 1 heterocycles. The molecule has 132 valence electrons. The molecule has 0 spiro atoms. The molecule has 1 aromatic heterocycles. The van der Waals surface area contributed by atoms with E-state index in [9.17, 15) is 14.0 Å². The third kappa shape index (κ3) is 4.37. The smallest absolute Gasteiger partial charge is 0.234 e. The van der Waals surface area contributed by atoms with Gasteiger partial charge in [-0.1, -0.05) is 12.1 Å². The van der Waals surface area contributed by atoms with Crippen molar-refractivity contribution in [3.8, 4) is 5.69 Å². The van der Waals surface area contributed by atoms with Crippen molar-refractivity contribution in [1.29, 1.82) is 0 Å². The molecule has 0 aliphatic carbocycles. The number of benzene rings is 2. The van der Waals surface area contributed by atoms with Gasteiger partial charge < -0.3 is 5.32 Å². The molecule has 2 aromatic carbocycles. The summed E-state index contributed by atoms with van der Waals surface area (Å²) in [5.74, 6) is -0.892. The van der Waals surface area contributed by atoms with Gasteiger partial charge in [-0.2, -0.15) is 5.10 Å². The van der Waals surface area contributed by atoms with E-state index in [1.807, 2.05) is 24.4 Å². The van der Waals surface area contributed by atoms with E-state index in [-0.39, 0.29) is 17.4 Å². The van der Waals surface area contributed by atoms with Crippen LogP contribution >= 0.6 is 11.8 Å². The summed E-state index contributed by atoms with van der Waals surface area (Å²) in [4.78, 5) is 23.7. The number of hydrogen-bond acceptors (Lipinski definition) is 4. The van der Waals surface area contributed by atoms with Crippen LogP contribution in [0.2, 0.25) is 0 Å². The van der Waals surface area contributed by atoms with E-state index in [2.05, 4.69) is 10.4 Å². The summed E-state index contributed by atoms with van der Waals surface area (Å²) in [6.45, 7) is 1.38. The van der Waals surface area contributed by atoms with Crippen LogP contribution in [-0.2, 0) is 4.79 Å². The van der Waals surface area contributed by atoms with E-state index in [4.69, 9.17) is 0 Å². The number of rotatable bonds is 6. The lowest BCUT2D eigenvalue weighted by Crippen LogP contribution is -2.14. The third-order valence-corrected chi connectivity index (χ3v) is 4.64. The number of Topliss-reactive ketones (excluding diaryl/α,β-unsaturated/α-hetero) is 1. The van der Waals surface area contributed by atoms with Crippen molar-refractivity contribution in [2.75, 3.05) is 11.1 Å². The number of nitrogens with zero attached hydrogens (tertiary/aromatic N) is 2. The highest BCUT2D eigenvalue weighted by Crippen LogP contribution is 2.23. The highest BCUT2D eigenvalue weighted by atomic mass is 32.2. The van der Waals surface area contributed by atoms with Gasteiger partial charge in [0.25, 0.3) is 0 Å². The number of aromatic nitrogens is 2. The molecular formula is C19H16FN3O2S. The summed E-state index contributed by atoms with van der Waals surface area (Å²) in [6, 6.07) is 13.4. The molecule has 0 saturated heterocycles. The molecule has 3 rings (SSSR count). The normalized spacial score (nSPS) is 10.5. The number of carbonyl (C=O) groups is 2. The van der Waals surface area contributed by atoms with Crippen LogP contribution in [0.25, 0.3) is 5.69 Å². The Balaban J connectivity index is 1.61. The number of nitrogens with one attached hydrogen (secondary N) is 1. The fourth-order valence-electron chi connectivity index (χ4n) is 2.32. The van der Waals surface area contributed by atoms with Crippen LogP contribution in [0.15, 0.2) is 65.8 Å². The van der Waals surface area contributed by atoms with Crippen molar-refractivity contribution in [3.63, 3.8) is 0 Å². The molecule has 0 unspecified atom stereocenters. The second kappa shape index (κ2) is 7.97. The predicted octanol–water partition coefficient (Wildman–Crippen LogP) is 3.94. The molecule has 26 heavy (non-hydrogen) atoms. The summed E-state index contributed by atoms with van der Waals surface area (Å²) in [5, 5.41) is 6.93. The molecule has 0 atom stereocenters. The van der Waals surface area contributed by atoms with Gasteiger partial charge in [0, 0.05) is 28.5 Å². The number of carbonyl (C=O) groups excluding carboxylic acids is 2. The first-order chi connectivity index (χ1) is 12.5. The number of halogens is 1. The number of amides is 1. The largest absolute Gasteiger partial charge is 0.325 e. The van der Waals surface area contributed by atoms with Crippen LogP contribution in [-0.4, -0.2) is 27.2 Å². The lowest BCUT2D eigenvalue weighted by Gasteiger charge is -2.08. The molecule has 0 fully saturated rings. The fourth-order valence-corrected chi connectivity index (χ4v) is 3.04. The SMILES string of the molecule is CC(=O)c1ccc(SCC(=O)Nc2cccc(-n3cccn3)c2)c(F)c1. The molecule has 3 aromatic rings. The number of thioether (sulfide) groups is 1. The van der Waals surface area contributed by atoms with E-state index >= 15 is 0 Å². The number of anilines is 1. The first kappa shape index (κ1) is 17.9. The van der Waals surface area contributed by atoms with Crippen LogP contribution in [0.4, 0.5) is 10.1 Å². The van der Waals surface area contributed by atoms with Crippen LogP contribution < -0.4 is 5.32 Å². The summed E-state index contributed by atoms with van der Waals surface area (Å²) < 4.78 is 15.7. The molecule has 5 nitrogen and oxygen atoms in total. The summed E-state index contributed by atoms with van der Waals surface area (Å²) in [5.41, 5.74) is 1.77. The van der Waals surface area contributed by atoms with Crippen LogP contribution in [0.5, 0.6) is 0 Å². The maximum Gasteiger partial charge on any atom is 0.234 e. The van der Waals surface area contributed by atoms with E-state index < -0.39 is 5.82 Å². The molecule has 0 aliphatic heterocycles. The Labute approximate surface area is 154 Å². The predicted molar refractivity (Wildman–Crippen MR) is 99.3 cm³/mol. The van der Waals surface area contributed by atoms with Crippen molar-refractivity contribution in [2.45, 2.75) is 11.8 Å². The monoisotopic (exact) mass is 369 g/mol. The third-order valence-electron chi connectivity index (χ3n) is 3.60. The van der Waals surface area contributed by atoms with Gasteiger partial charge in [0.2, 0.25) is 5.91 Å². The van der Waals surface area contributed by atoms with Gasteiger partial charge in [-0.15, -0.1) is 11.8 Å². The van der Waals surface area contributed by atoms with E-state index in [0.717, 1.165) is 17.4 Å². The second-order valence-electron chi connectivity index (χ2n) is 5.54.